The van der Waals surface area contributed by atoms with E-state index >= 15 is 0 Å². The van der Waals surface area contributed by atoms with Gasteiger partial charge in [0.25, 0.3) is 0 Å². The molecule has 112 valence electrons. The Balaban J connectivity index is 2.57. The zero-order chi connectivity index (χ0) is 15.4. The van der Waals surface area contributed by atoms with E-state index in [4.69, 9.17) is 4.74 Å². The number of carbonyl (C=O) groups excluding carboxylic acids is 1. The number of hydrogen-bond donors (Lipinski definition) is 1. The lowest BCUT2D eigenvalue weighted by atomic mass is 10.1. The minimum Gasteiger partial charge on any atom is -0.444 e. The molecule has 1 amide bonds. The molecule has 1 N–H and O–H groups in total. The van der Waals surface area contributed by atoms with Crippen molar-refractivity contribution in [3.8, 4) is 0 Å². The van der Waals surface area contributed by atoms with Gasteiger partial charge in [0.15, 0.2) is 0 Å². The van der Waals surface area contributed by atoms with Gasteiger partial charge in [0.05, 0.1) is 5.75 Å². The van der Waals surface area contributed by atoms with E-state index in [-0.39, 0.29) is 6.42 Å². The van der Waals surface area contributed by atoms with E-state index in [1.54, 1.807) is 45.0 Å². The highest BCUT2D eigenvalue weighted by Gasteiger charge is 2.16. The molecule has 20 heavy (non-hydrogen) atoms. The maximum atomic E-state index is 12.4. The van der Waals surface area contributed by atoms with Crippen molar-refractivity contribution in [2.45, 2.75) is 32.8 Å². The van der Waals surface area contributed by atoms with E-state index in [1.165, 1.54) is 0 Å². The highest BCUT2D eigenvalue weighted by Crippen LogP contribution is 2.13. The number of aryl methyl sites for hydroxylation is 1. The first-order valence-electron chi connectivity index (χ1n) is 6.06. The van der Waals surface area contributed by atoms with Crippen LogP contribution in [0.25, 0.3) is 0 Å². The van der Waals surface area contributed by atoms with Crippen molar-refractivity contribution in [2.24, 2.45) is 0 Å². The molecule has 0 bridgehead atoms. The van der Waals surface area contributed by atoms with Crippen LogP contribution in [-0.4, -0.2) is 25.9 Å². The van der Waals surface area contributed by atoms with Crippen LogP contribution in [0, 0.1) is 0 Å². The van der Waals surface area contributed by atoms with E-state index < -0.39 is 27.7 Å². The van der Waals surface area contributed by atoms with Gasteiger partial charge in [-0.25, -0.2) is 4.79 Å². The number of ether oxygens (including phenoxy) is 1. The second-order valence-corrected chi connectivity index (χ2v) is 6.80. The molecule has 5 nitrogen and oxygen atoms in total. The SMILES string of the molecule is CC(C)(C)OC(=O)Nc1ccc(CCS(=O)(=O)F)cc1. The fourth-order valence-electron chi connectivity index (χ4n) is 1.42. The molecule has 0 saturated heterocycles. The van der Waals surface area contributed by atoms with E-state index in [0.29, 0.717) is 11.3 Å². The van der Waals surface area contributed by atoms with Crippen LogP contribution in [0.3, 0.4) is 0 Å². The van der Waals surface area contributed by atoms with Gasteiger partial charge >= 0.3 is 16.3 Å². The van der Waals surface area contributed by atoms with Gasteiger partial charge in [-0.05, 0) is 44.9 Å². The topological polar surface area (TPSA) is 72.5 Å². The van der Waals surface area contributed by atoms with Gasteiger partial charge in [0, 0.05) is 5.69 Å². The van der Waals surface area contributed by atoms with Gasteiger partial charge < -0.3 is 4.74 Å². The average molecular weight is 303 g/mol. The van der Waals surface area contributed by atoms with E-state index in [1.807, 2.05) is 0 Å². The van der Waals surface area contributed by atoms with Crippen LogP contribution in [0.5, 0.6) is 0 Å². The molecule has 0 saturated carbocycles. The molecule has 0 aliphatic heterocycles. The highest BCUT2D eigenvalue weighted by atomic mass is 32.3. The minimum absolute atomic E-state index is 0.0888. The first-order valence-corrected chi connectivity index (χ1v) is 7.62. The minimum atomic E-state index is -4.46. The van der Waals surface area contributed by atoms with Crippen LogP contribution < -0.4 is 5.32 Å². The first kappa shape index (κ1) is 16.4. The van der Waals surface area contributed by atoms with Gasteiger partial charge in [0.1, 0.15) is 5.60 Å². The number of nitrogens with one attached hydrogen (secondary N) is 1. The van der Waals surface area contributed by atoms with Crippen molar-refractivity contribution in [1.82, 2.24) is 0 Å². The van der Waals surface area contributed by atoms with E-state index in [9.17, 15) is 17.1 Å². The summed E-state index contributed by atoms with van der Waals surface area (Å²) in [6.07, 6.45) is -0.484. The van der Waals surface area contributed by atoms with Crippen LogP contribution >= 0.6 is 0 Å². The Morgan fingerprint density at radius 1 is 1.25 bits per heavy atom. The van der Waals surface area contributed by atoms with Crippen LogP contribution in [0.4, 0.5) is 14.4 Å². The molecular weight excluding hydrogens is 285 g/mol. The lowest BCUT2D eigenvalue weighted by molar-refractivity contribution is 0.0636. The Hall–Kier alpha value is -1.63. The molecule has 0 atom stereocenters. The smallest absolute Gasteiger partial charge is 0.412 e. The summed E-state index contributed by atoms with van der Waals surface area (Å²) in [6, 6.07) is 6.45. The molecule has 0 spiro atoms. The van der Waals surface area contributed by atoms with Gasteiger partial charge in [0.2, 0.25) is 0 Å². The Labute approximate surface area is 118 Å². The fraction of sp³-hybridized carbons (Fsp3) is 0.462. The predicted molar refractivity (Wildman–Crippen MR) is 74.9 cm³/mol. The summed E-state index contributed by atoms with van der Waals surface area (Å²) in [4.78, 5) is 11.5. The van der Waals surface area contributed by atoms with Gasteiger partial charge in [-0.3, -0.25) is 5.32 Å². The van der Waals surface area contributed by atoms with Crippen molar-refractivity contribution >= 4 is 22.0 Å². The lowest BCUT2D eigenvalue weighted by Crippen LogP contribution is -2.27. The van der Waals surface area contributed by atoms with Crippen molar-refractivity contribution in [3.05, 3.63) is 29.8 Å². The van der Waals surface area contributed by atoms with Crippen LogP contribution in [0.15, 0.2) is 24.3 Å². The van der Waals surface area contributed by atoms with E-state index in [0.717, 1.165) is 0 Å². The third kappa shape index (κ3) is 7.08. The number of benzene rings is 1. The second-order valence-electron chi connectivity index (χ2n) is 5.32. The number of rotatable bonds is 4. The summed E-state index contributed by atoms with van der Waals surface area (Å²) >= 11 is 0. The monoisotopic (exact) mass is 303 g/mol. The molecule has 0 aliphatic rings. The Morgan fingerprint density at radius 3 is 2.25 bits per heavy atom. The van der Waals surface area contributed by atoms with Crippen molar-refractivity contribution in [2.75, 3.05) is 11.1 Å². The number of anilines is 1. The van der Waals surface area contributed by atoms with Gasteiger partial charge in [-0.1, -0.05) is 12.1 Å². The largest absolute Gasteiger partial charge is 0.444 e. The molecule has 0 unspecified atom stereocenters. The van der Waals surface area contributed by atoms with Crippen molar-refractivity contribution in [1.29, 1.82) is 0 Å². The quantitative estimate of drug-likeness (QED) is 0.868. The van der Waals surface area contributed by atoms with E-state index in [2.05, 4.69) is 5.32 Å². The zero-order valence-corrected chi connectivity index (χ0v) is 12.5. The van der Waals surface area contributed by atoms with Gasteiger partial charge in [-0.2, -0.15) is 8.42 Å². The third-order valence-electron chi connectivity index (χ3n) is 2.23. The predicted octanol–water partition coefficient (Wildman–Crippen LogP) is 2.88. The average Bonchev–Trinajstić information content (AvgIpc) is 2.24. The molecule has 0 aliphatic carbocycles. The number of amides is 1. The maximum absolute atomic E-state index is 12.4. The standard InChI is InChI=1S/C13H18FNO4S/c1-13(2,3)19-12(16)15-11-6-4-10(5-7-11)8-9-20(14,17)18/h4-7H,8-9H2,1-3H3,(H,15,16). The normalized spacial score (nSPS) is 12.0. The molecule has 1 aromatic rings. The Kier molecular flexibility index (Phi) is 5.10. The summed E-state index contributed by atoms with van der Waals surface area (Å²) in [6.45, 7) is 5.27. The van der Waals surface area contributed by atoms with Gasteiger partial charge in [-0.15, -0.1) is 3.89 Å². The van der Waals surface area contributed by atoms with Crippen molar-refractivity contribution in [3.63, 3.8) is 0 Å². The lowest BCUT2D eigenvalue weighted by Gasteiger charge is -2.19. The molecule has 0 aromatic heterocycles. The first-order chi connectivity index (χ1) is 9.05. The van der Waals surface area contributed by atoms with Crippen molar-refractivity contribution < 1.29 is 21.8 Å². The maximum Gasteiger partial charge on any atom is 0.412 e. The summed E-state index contributed by atoms with van der Waals surface area (Å²) in [5, 5.41) is 2.54. The van der Waals surface area contributed by atoms with Crippen LogP contribution in [-0.2, 0) is 21.4 Å². The summed E-state index contributed by atoms with van der Waals surface area (Å²) in [5.74, 6) is -0.550. The summed E-state index contributed by atoms with van der Waals surface area (Å²) in [7, 11) is -4.46. The third-order valence-corrected chi connectivity index (χ3v) is 2.93. The second kappa shape index (κ2) is 6.21. The molecule has 1 aromatic carbocycles. The molecule has 7 heteroatoms. The fourth-order valence-corrected chi connectivity index (χ4v) is 1.90. The van der Waals surface area contributed by atoms with Crippen LogP contribution in [0.2, 0.25) is 0 Å². The highest BCUT2D eigenvalue weighted by molar-refractivity contribution is 7.86. The summed E-state index contributed by atoms with van der Waals surface area (Å²) in [5.41, 5.74) is 0.603. The Morgan fingerprint density at radius 2 is 1.80 bits per heavy atom. The molecule has 1 rings (SSSR count). The zero-order valence-electron chi connectivity index (χ0n) is 11.6. The summed E-state index contributed by atoms with van der Waals surface area (Å²) < 4.78 is 38.3. The number of hydrogen-bond acceptors (Lipinski definition) is 4. The number of carbonyl (C=O) groups is 1. The molecule has 0 radical (unpaired) electrons. The number of halogens is 1. The Bertz CT molecular complexity index is 561. The van der Waals surface area contributed by atoms with Crippen LogP contribution in [0.1, 0.15) is 26.3 Å². The molecule has 0 heterocycles. The molecular formula is C13H18FNO4S. The molecule has 0 fully saturated rings.